The number of carbonyl (C=O) groups is 1. The number of nitrogens with zero attached hydrogens (tertiary/aromatic N) is 2. The fourth-order valence-corrected chi connectivity index (χ4v) is 6.23. The molecular weight excluding hydrogens is 405 g/mol. The maximum atomic E-state index is 13.4. The second kappa shape index (κ2) is 8.07. The Hall–Kier alpha value is -2.32. The number of piperidine rings is 1. The van der Waals surface area contributed by atoms with E-state index in [1.54, 1.807) is 42.4 Å². The predicted molar refractivity (Wildman–Crippen MR) is 113 cm³/mol. The topological polar surface area (TPSA) is 79.4 Å². The molecule has 160 valence electrons. The smallest absolute Gasteiger partial charge is 0.253 e. The SMILES string of the molecule is CC(C)S(=O)(=O)N1C2CCC1CC(NC(=O)c1ccc(-c3cccc(F)c3)nc1)C2. The third-order valence-corrected chi connectivity index (χ3v) is 8.41. The molecule has 0 aliphatic carbocycles. The highest BCUT2D eigenvalue weighted by atomic mass is 32.2. The summed E-state index contributed by atoms with van der Waals surface area (Å²) in [7, 11) is -3.29. The molecule has 2 aliphatic heterocycles. The van der Waals surface area contributed by atoms with Crippen molar-refractivity contribution in [2.45, 2.75) is 62.9 Å². The van der Waals surface area contributed by atoms with Gasteiger partial charge in [-0.3, -0.25) is 9.78 Å². The van der Waals surface area contributed by atoms with Crippen LogP contribution in [0.3, 0.4) is 0 Å². The molecule has 0 spiro atoms. The van der Waals surface area contributed by atoms with Crippen LogP contribution in [0.5, 0.6) is 0 Å². The molecule has 6 nitrogen and oxygen atoms in total. The van der Waals surface area contributed by atoms with E-state index in [0.29, 0.717) is 29.7 Å². The van der Waals surface area contributed by atoms with E-state index >= 15 is 0 Å². The molecule has 0 saturated carbocycles. The van der Waals surface area contributed by atoms with Crippen LogP contribution in [0.2, 0.25) is 0 Å². The van der Waals surface area contributed by atoms with Gasteiger partial charge in [-0.2, -0.15) is 4.31 Å². The normalized spacial score (nSPS) is 24.2. The first-order chi connectivity index (χ1) is 14.3. The molecule has 1 amide bonds. The van der Waals surface area contributed by atoms with E-state index in [9.17, 15) is 17.6 Å². The van der Waals surface area contributed by atoms with E-state index in [-0.39, 0.29) is 29.8 Å². The molecule has 1 aromatic heterocycles. The van der Waals surface area contributed by atoms with Crippen molar-refractivity contribution in [3.05, 3.63) is 54.0 Å². The fraction of sp³-hybridized carbons (Fsp3) is 0.455. The third-order valence-electron chi connectivity index (χ3n) is 6.04. The van der Waals surface area contributed by atoms with Crippen LogP contribution in [-0.4, -0.2) is 47.0 Å². The van der Waals surface area contributed by atoms with Gasteiger partial charge in [0.15, 0.2) is 0 Å². The zero-order chi connectivity index (χ0) is 21.5. The van der Waals surface area contributed by atoms with Gasteiger partial charge in [0.25, 0.3) is 5.91 Å². The summed E-state index contributed by atoms with van der Waals surface area (Å²) in [5.74, 6) is -0.561. The predicted octanol–water partition coefficient (Wildman–Crippen LogP) is 3.35. The summed E-state index contributed by atoms with van der Waals surface area (Å²) < 4.78 is 40.4. The number of carbonyl (C=O) groups excluding carboxylic acids is 1. The van der Waals surface area contributed by atoms with E-state index in [4.69, 9.17) is 0 Å². The Morgan fingerprint density at radius 1 is 1.17 bits per heavy atom. The first kappa shape index (κ1) is 20.9. The molecule has 1 aromatic carbocycles. The standard InChI is InChI=1S/C22H26FN3O3S/c1-14(2)30(28,29)26-19-7-8-20(26)12-18(11-19)25-22(27)16-6-9-21(24-13-16)15-4-3-5-17(23)10-15/h3-6,9-10,13-14,18-20H,7-8,11-12H2,1-2H3,(H,25,27). The minimum atomic E-state index is -3.29. The lowest BCUT2D eigenvalue weighted by Gasteiger charge is -2.39. The minimum Gasteiger partial charge on any atom is -0.349 e. The first-order valence-corrected chi connectivity index (χ1v) is 11.8. The molecule has 2 aromatic rings. The summed E-state index contributed by atoms with van der Waals surface area (Å²) in [4.78, 5) is 17.0. The quantitative estimate of drug-likeness (QED) is 0.787. The second-order valence-corrected chi connectivity index (χ2v) is 10.8. The van der Waals surface area contributed by atoms with Crippen LogP contribution < -0.4 is 5.32 Å². The summed E-state index contributed by atoms with van der Waals surface area (Å²) in [5.41, 5.74) is 1.67. The van der Waals surface area contributed by atoms with Crippen LogP contribution in [0.25, 0.3) is 11.3 Å². The Morgan fingerprint density at radius 3 is 2.43 bits per heavy atom. The van der Waals surface area contributed by atoms with Crippen molar-refractivity contribution in [2.75, 3.05) is 0 Å². The van der Waals surface area contributed by atoms with Gasteiger partial charge in [-0.15, -0.1) is 0 Å². The molecule has 2 unspecified atom stereocenters. The van der Waals surface area contributed by atoms with Crippen molar-refractivity contribution >= 4 is 15.9 Å². The van der Waals surface area contributed by atoms with Crippen LogP contribution in [-0.2, 0) is 10.0 Å². The zero-order valence-electron chi connectivity index (χ0n) is 17.1. The summed E-state index contributed by atoms with van der Waals surface area (Å²) in [5, 5.41) is 2.61. The summed E-state index contributed by atoms with van der Waals surface area (Å²) >= 11 is 0. The van der Waals surface area contributed by atoms with Gasteiger partial charge < -0.3 is 5.32 Å². The van der Waals surface area contributed by atoms with Crippen molar-refractivity contribution in [2.24, 2.45) is 0 Å². The Morgan fingerprint density at radius 2 is 1.87 bits per heavy atom. The highest BCUT2D eigenvalue weighted by Crippen LogP contribution is 2.39. The number of amides is 1. The van der Waals surface area contributed by atoms with Crippen molar-refractivity contribution in [3.8, 4) is 11.3 Å². The molecule has 2 aliphatic rings. The maximum absolute atomic E-state index is 13.4. The molecule has 4 rings (SSSR count). The van der Waals surface area contributed by atoms with Crippen LogP contribution >= 0.6 is 0 Å². The number of pyridine rings is 1. The zero-order valence-corrected chi connectivity index (χ0v) is 17.9. The molecular formula is C22H26FN3O3S. The molecule has 2 atom stereocenters. The molecule has 30 heavy (non-hydrogen) atoms. The maximum Gasteiger partial charge on any atom is 0.253 e. The van der Waals surface area contributed by atoms with E-state index < -0.39 is 15.3 Å². The number of fused-ring (bicyclic) bond motifs is 2. The van der Waals surface area contributed by atoms with Gasteiger partial charge in [0.05, 0.1) is 16.5 Å². The van der Waals surface area contributed by atoms with Gasteiger partial charge in [0.1, 0.15) is 5.82 Å². The molecule has 0 radical (unpaired) electrons. The largest absolute Gasteiger partial charge is 0.349 e. The van der Waals surface area contributed by atoms with Gasteiger partial charge >= 0.3 is 0 Å². The van der Waals surface area contributed by atoms with Crippen LogP contribution in [0.15, 0.2) is 42.6 Å². The Kier molecular flexibility index (Phi) is 5.63. The lowest BCUT2D eigenvalue weighted by molar-refractivity contribution is 0.0908. The second-order valence-electron chi connectivity index (χ2n) is 8.39. The number of rotatable bonds is 5. The van der Waals surface area contributed by atoms with Crippen molar-refractivity contribution in [1.82, 2.24) is 14.6 Å². The molecule has 2 fully saturated rings. The van der Waals surface area contributed by atoms with Gasteiger partial charge in [-0.1, -0.05) is 12.1 Å². The monoisotopic (exact) mass is 431 g/mol. The number of hydrogen-bond acceptors (Lipinski definition) is 4. The van der Waals surface area contributed by atoms with E-state index in [1.807, 2.05) is 0 Å². The van der Waals surface area contributed by atoms with Crippen molar-refractivity contribution < 1.29 is 17.6 Å². The number of hydrogen-bond donors (Lipinski definition) is 1. The molecule has 1 N–H and O–H groups in total. The van der Waals surface area contributed by atoms with Gasteiger partial charge in [-0.25, -0.2) is 12.8 Å². The first-order valence-electron chi connectivity index (χ1n) is 10.3. The average molecular weight is 432 g/mol. The number of benzene rings is 1. The summed E-state index contributed by atoms with van der Waals surface area (Å²) in [6.45, 7) is 3.42. The minimum absolute atomic E-state index is 0.0464. The Balaban J connectivity index is 1.42. The lowest BCUT2D eigenvalue weighted by atomic mass is 9.99. The number of nitrogens with one attached hydrogen (secondary N) is 1. The van der Waals surface area contributed by atoms with Gasteiger partial charge in [-0.05, 0) is 63.8 Å². The molecule has 8 heteroatoms. The van der Waals surface area contributed by atoms with E-state index in [1.165, 1.54) is 18.3 Å². The highest BCUT2D eigenvalue weighted by Gasteiger charge is 2.47. The fourth-order valence-electron chi connectivity index (χ4n) is 4.53. The van der Waals surface area contributed by atoms with Gasteiger partial charge in [0.2, 0.25) is 10.0 Å². The van der Waals surface area contributed by atoms with Crippen molar-refractivity contribution in [1.29, 1.82) is 0 Å². The summed E-state index contributed by atoms with van der Waals surface area (Å²) in [6, 6.07) is 9.38. The van der Waals surface area contributed by atoms with E-state index in [0.717, 1.165) is 12.8 Å². The van der Waals surface area contributed by atoms with Crippen molar-refractivity contribution in [3.63, 3.8) is 0 Å². The average Bonchev–Trinajstić information content (AvgIpc) is 3.00. The van der Waals surface area contributed by atoms with Crippen LogP contribution in [0.1, 0.15) is 49.9 Å². The third kappa shape index (κ3) is 3.98. The number of sulfonamides is 1. The Labute approximate surface area is 176 Å². The highest BCUT2D eigenvalue weighted by molar-refractivity contribution is 7.89. The molecule has 2 bridgehead atoms. The van der Waals surface area contributed by atoms with Crippen LogP contribution in [0, 0.1) is 5.82 Å². The van der Waals surface area contributed by atoms with E-state index in [2.05, 4.69) is 10.3 Å². The number of halogens is 1. The van der Waals surface area contributed by atoms with Gasteiger partial charge in [0, 0.05) is 29.9 Å². The lowest BCUT2D eigenvalue weighted by Crippen LogP contribution is -2.53. The molecule has 2 saturated heterocycles. The van der Waals surface area contributed by atoms with Crippen LogP contribution in [0.4, 0.5) is 4.39 Å². The molecule has 3 heterocycles. The Bertz CT molecular complexity index is 1030. The number of aromatic nitrogens is 1. The summed E-state index contributed by atoms with van der Waals surface area (Å²) in [6.07, 6.45) is 4.42.